The third-order valence-corrected chi connectivity index (χ3v) is 11.8. The van der Waals surface area contributed by atoms with Crippen molar-refractivity contribution in [3.05, 3.63) is 173 Å². The lowest BCUT2D eigenvalue weighted by Crippen LogP contribution is -2.26. The van der Waals surface area contributed by atoms with Gasteiger partial charge in [-0.3, -0.25) is 0 Å². The van der Waals surface area contributed by atoms with Crippen LogP contribution in [0.5, 0.6) is 0 Å². The van der Waals surface area contributed by atoms with Gasteiger partial charge in [-0.1, -0.05) is 105 Å². The van der Waals surface area contributed by atoms with E-state index in [2.05, 4.69) is 183 Å². The van der Waals surface area contributed by atoms with E-state index in [-0.39, 0.29) is 11.0 Å². The maximum Gasteiger partial charge on any atom is 0.0650 e. The Hall–Kier alpha value is -5.60. The van der Waals surface area contributed by atoms with Gasteiger partial charge in [0.25, 0.3) is 0 Å². The molecular formula is C48H40N2. The van der Waals surface area contributed by atoms with Crippen LogP contribution in [0.15, 0.2) is 140 Å². The third-order valence-electron chi connectivity index (χ3n) is 11.8. The molecule has 10 rings (SSSR count). The van der Waals surface area contributed by atoms with Crippen molar-refractivity contribution in [2.24, 2.45) is 0 Å². The molecule has 0 N–H and O–H groups in total. The van der Waals surface area contributed by atoms with Crippen LogP contribution in [-0.4, -0.2) is 4.57 Å². The molecule has 3 aliphatic rings. The van der Waals surface area contributed by atoms with Crippen LogP contribution in [0.25, 0.3) is 44.8 Å². The van der Waals surface area contributed by atoms with Crippen LogP contribution >= 0.6 is 0 Å². The minimum absolute atomic E-state index is 0.0303. The first kappa shape index (κ1) is 29.3. The van der Waals surface area contributed by atoms with Crippen LogP contribution in [0.1, 0.15) is 67.6 Å². The Morgan fingerprint density at radius 2 is 1.20 bits per heavy atom. The molecular weight excluding hydrogens is 605 g/mol. The fourth-order valence-electron chi connectivity index (χ4n) is 9.29. The summed E-state index contributed by atoms with van der Waals surface area (Å²) in [6.07, 6.45) is 4.59. The zero-order chi connectivity index (χ0) is 33.8. The molecule has 0 radical (unpaired) electrons. The Balaban J connectivity index is 1.03. The summed E-state index contributed by atoms with van der Waals surface area (Å²) in [4.78, 5) is 2.40. The number of anilines is 3. The van der Waals surface area contributed by atoms with Crippen molar-refractivity contribution in [1.82, 2.24) is 4.57 Å². The molecule has 7 aromatic rings. The van der Waals surface area contributed by atoms with E-state index in [0.29, 0.717) is 0 Å². The molecule has 0 bridgehead atoms. The zero-order valence-corrected chi connectivity index (χ0v) is 29.2. The summed E-state index contributed by atoms with van der Waals surface area (Å²) < 4.78 is 2.61. The fraction of sp³-hybridized carbons (Fsp3) is 0.167. The monoisotopic (exact) mass is 644 g/mol. The summed E-state index contributed by atoms with van der Waals surface area (Å²) >= 11 is 0. The molecule has 0 amide bonds. The molecule has 0 unspecified atom stereocenters. The second-order valence-corrected chi connectivity index (χ2v) is 15.4. The first-order chi connectivity index (χ1) is 24.3. The van der Waals surface area contributed by atoms with Gasteiger partial charge in [-0.15, -0.1) is 0 Å². The highest BCUT2D eigenvalue weighted by Crippen LogP contribution is 2.52. The smallest absolute Gasteiger partial charge is 0.0650 e. The minimum atomic E-state index is -0.131. The van der Waals surface area contributed by atoms with Gasteiger partial charge in [-0.05, 0) is 137 Å². The molecule has 242 valence electrons. The SMILES string of the molecule is CC1(C)c2cc(C3=Cc4cc5n(c4CC3)C(C)(C)c3ccccc3-5)ccc2-c2ccc(N(c3ccccc3)c3ccc4ccccc4c3)cc21. The van der Waals surface area contributed by atoms with Crippen LogP contribution < -0.4 is 4.90 Å². The van der Waals surface area contributed by atoms with Gasteiger partial charge in [0.1, 0.15) is 0 Å². The lowest BCUT2D eigenvalue weighted by atomic mass is 9.80. The van der Waals surface area contributed by atoms with Crippen LogP contribution in [0.4, 0.5) is 17.1 Å². The van der Waals surface area contributed by atoms with Crippen LogP contribution in [0.2, 0.25) is 0 Å². The van der Waals surface area contributed by atoms with E-state index in [1.807, 2.05) is 0 Å². The van der Waals surface area contributed by atoms with E-state index in [1.54, 1.807) is 0 Å². The maximum absolute atomic E-state index is 2.61. The number of fused-ring (bicyclic) bond motifs is 9. The van der Waals surface area contributed by atoms with Crippen molar-refractivity contribution < 1.29 is 0 Å². The minimum Gasteiger partial charge on any atom is -0.334 e. The molecule has 0 fully saturated rings. The average Bonchev–Trinajstić information content (AvgIpc) is 3.72. The van der Waals surface area contributed by atoms with Gasteiger partial charge < -0.3 is 9.47 Å². The van der Waals surface area contributed by atoms with Crippen LogP contribution in [0, 0.1) is 0 Å². The molecule has 2 aliphatic carbocycles. The average molecular weight is 645 g/mol. The van der Waals surface area contributed by atoms with E-state index in [4.69, 9.17) is 0 Å². The Morgan fingerprint density at radius 3 is 2.04 bits per heavy atom. The van der Waals surface area contributed by atoms with E-state index >= 15 is 0 Å². The van der Waals surface area contributed by atoms with Gasteiger partial charge in [0.2, 0.25) is 0 Å². The van der Waals surface area contributed by atoms with Gasteiger partial charge in [-0.2, -0.15) is 0 Å². The molecule has 2 heterocycles. The number of aromatic nitrogens is 1. The predicted octanol–water partition coefficient (Wildman–Crippen LogP) is 12.7. The predicted molar refractivity (Wildman–Crippen MR) is 211 cm³/mol. The number of hydrogen-bond acceptors (Lipinski definition) is 1. The largest absolute Gasteiger partial charge is 0.334 e. The van der Waals surface area contributed by atoms with E-state index in [0.717, 1.165) is 24.2 Å². The highest BCUT2D eigenvalue weighted by Gasteiger charge is 2.39. The van der Waals surface area contributed by atoms with E-state index < -0.39 is 0 Å². The quantitative estimate of drug-likeness (QED) is 0.185. The fourth-order valence-corrected chi connectivity index (χ4v) is 9.29. The first-order valence-corrected chi connectivity index (χ1v) is 18.0. The Kier molecular flexibility index (Phi) is 6.13. The molecule has 2 nitrogen and oxygen atoms in total. The summed E-state index contributed by atoms with van der Waals surface area (Å²) in [5, 5.41) is 2.50. The Bertz CT molecular complexity index is 2540. The third kappa shape index (κ3) is 4.15. The van der Waals surface area contributed by atoms with Gasteiger partial charge >= 0.3 is 0 Å². The molecule has 0 saturated carbocycles. The van der Waals surface area contributed by atoms with Crippen LogP contribution in [-0.2, 0) is 17.4 Å². The standard InChI is InChI=1S/C48H40N2/c1-47(2)43-28-34(33-20-25-45-35(26-33)29-46-41-16-10-11-17-42(41)48(3,4)50(45)46)19-23-39(43)40-24-22-38(30-44(40)47)49(36-14-6-5-7-15-36)37-21-18-31-12-8-9-13-32(31)27-37/h5-19,21-24,26-30H,20,25H2,1-4H3. The van der Waals surface area contributed by atoms with Crippen molar-refractivity contribution in [2.45, 2.75) is 51.5 Å². The Morgan fingerprint density at radius 1 is 0.520 bits per heavy atom. The molecule has 0 spiro atoms. The maximum atomic E-state index is 2.61. The van der Waals surface area contributed by atoms with E-state index in [9.17, 15) is 0 Å². The van der Waals surface area contributed by atoms with Crippen molar-refractivity contribution in [3.63, 3.8) is 0 Å². The number of nitrogens with zero attached hydrogens (tertiary/aromatic N) is 2. The summed E-state index contributed by atoms with van der Waals surface area (Å²) in [7, 11) is 0. The number of para-hydroxylation sites is 1. The lowest BCUT2D eigenvalue weighted by molar-refractivity contribution is 0.446. The first-order valence-electron chi connectivity index (χ1n) is 18.0. The summed E-state index contributed by atoms with van der Waals surface area (Å²) in [6.45, 7) is 9.54. The van der Waals surface area contributed by atoms with E-state index in [1.165, 1.54) is 77.9 Å². The van der Waals surface area contributed by atoms with Crippen molar-refractivity contribution in [3.8, 4) is 22.4 Å². The van der Waals surface area contributed by atoms with Gasteiger partial charge in [0.05, 0.1) is 5.54 Å². The highest BCUT2D eigenvalue weighted by atomic mass is 15.1. The zero-order valence-electron chi connectivity index (χ0n) is 29.2. The molecule has 0 saturated heterocycles. The van der Waals surface area contributed by atoms with Gasteiger partial charge in [0, 0.05) is 39.4 Å². The molecule has 1 aliphatic heterocycles. The van der Waals surface area contributed by atoms with Crippen LogP contribution in [0.3, 0.4) is 0 Å². The van der Waals surface area contributed by atoms with Gasteiger partial charge in [0.15, 0.2) is 0 Å². The lowest BCUT2D eigenvalue weighted by Gasteiger charge is -2.28. The molecule has 2 heteroatoms. The summed E-state index contributed by atoms with van der Waals surface area (Å²) in [6, 6.07) is 51.9. The van der Waals surface area contributed by atoms with Crippen molar-refractivity contribution in [2.75, 3.05) is 4.90 Å². The molecule has 50 heavy (non-hydrogen) atoms. The Labute approximate surface area is 295 Å². The second kappa shape index (κ2) is 10.5. The number of allylic oxidation sites excluding steroid dienone is 1. The van der Waals surface area contributed by atoms with Gasteiger partial charge in [-0.25, -0.2) is 0 Å². The highest BCUT2D eigenvalue weighted by molar-refractivity contribution is 5.92. The number of benzene rings is 6. The number of hydrogen-bond donors (Lipinski definition) is 0. The number of rotatable bonds is 4. The normalized spacial score (nSPS) is 15.9. The second-order valence-electron chi connectivity index (χ2n) is 15.4. The van der Waals surface area contributed by atoms with Crippen molar-refractivity contribution in [1.29, 1.82) is 0 Å². The van der Waals surface area contributed by atoms with Crippen molar-refractivity contribution >= 4 is 39.5 Å². The summed E-state index contributed by atoms with van der Waals surface area (Å²) in [5.41, 5.74) is 18.7. The molecule has 0 atom stereocenters. The molecule has 1 aromatic heterocycles. The topological polar surface area (TPSA) is 8.17 Å². The summed E-state index contributed by atoms with van der Waals surface area (Å²) in [5.74, 6) is 0. The molecule has 6 aromatic carbocycles.